The van der Waals surface area contributed by atoms with Crippen molar-refractivity contribution in [1.29, 1.82) is 0 Å². The summed E-state index contributed by atoms with van der Waals surface area (Å²) in [5.41, 5.74) is 5.39. The average molecular weight is 434 g/mol. The Bertz CT molecular complexity index is 1270. The quantitative estimate of drug-likeness (QED) is 0.625. The molecule has 5 heterocycles. The van der Waals surface area contributed by atoms with E-state index in [1.165, 1.54) is 12.6 Å². The minimum absolute atomic E-state index is 0.338. The van der Waals surface area contributed by atoms with Crippen molar-refractivity contribution >= 4 is 39.6 Å². The number of likely N-dealkylation sites (N-methyl/N-ethyl adjacent to an activating group) is 1. The fraction of sp³-hybridized carbons (Fsp3) is 0.292. The number of hydrogen-bond donors (Lipinski definition) is 0. The van der Waals surface area contributed by atoms with Crippen LogP contribution in [0.2, 0.25) is 5.02 Å². The molecule has 2 atom stereocenters. The van der Waals surface area contributed by atoms with Crippen LogP contribution in [0, 0.1) is 11.7 Å². The normalized spacial score (nSPS) is 23.0. The van der Waals surface area contributed by atoms with E-state index < -0.39 is 0 Å². The molecule has 6 rings (SSSR count). The Morgan fingerprint density at radius 1 is 1.06 bits per heavy atom. The SMILES string of the molecule is CN1CC2CN(c3cnc4ccc(C5=CCN=C5c5cc(Cl)ccc5F)nc4c3)C2C1. The lowest BCUT2D eigenvalue weighted by Gasteiger charge is -2.45. The summed E-state index contributed by atoms with van der Waals surface area (Å²) < 4.78 is 14.5. The van der Waals surface area contributed by atoms with Crippen LogP contribution in [0.3, 0.4) is 0 Å². The number of nitrogens with zero attached hydrogens (tertiary/aromatic N) is 5. The van der Waals surface area contributed by atoms with Gasteiger partial charge in [-0.1, -0.05) is 17.7 Å². The van der Waals surface area contributed by atoms with E-state index >= 15 is 0 Å². The Labute approximate surface area is 184 Å². The summed E-state index contributed by atoms with van der Waals surface area (Å²) in [6.45, 7) is 3.83. The van der Waals surface area contributed by atoms with Gasteiger partial charge in [0.25, 0.3) is 0 Å². The second kappa shape index (κ2) is 7.11. The molecule has 2 aromatic heterocycles. The van der Waals surface area contributed by atoms with E-state index in [-0.39, 0.29) is 5.82 Å². The lowest BCUT2D eigenvalue weighted by atomic mass is 9.91. The van der Waals surface area contributed by atoms with Gasteiger partial charge in [-0.05, 0) is 43.4 Å². The number of halogens is 2. The molecule has 3 aliphatic heterocycles. The van der Waals surface area contributed by atoms with Crippen LogP contribution in [0.5, 0.6) is 0 Å². The van der Waals surface area contributed by atoms with E-state index in [1.54, 1.807) is 12.1 Å². The van der Waals surface area contributed by atoms with E-state index in [1.807, 2.05) is 24.4 Å². The van der Waals surface area contributed by atoms with Gasteiger partial charge in [0.1, 0.15) is 5.82 Å². The summed E-state index contributed by atoms with van der Waals surface area (Å²) in [4.78, 5) is 18.9. The molecule has 0 spiro atoms. The van der Waals surface area contributed by atoms with Crippen LogP contribution < -0.4 is 4.90 Å². The highest BCUT2D eigenvalue weighted by Crippen LogP contribution is 2.36. The molecule has 1 aromatic carbocycles. The minimum Gasteiger partial charge on any atom is -0.365 e. The Hall–Kier alpha value is -2.83. The number of allylic oxidation sites excluding steroid dienone is 1. The molecular weight excluding hydrogens is 413 g/mol. The van der Waals surface area contributed by atoms with E-state index in [2.05, 4.69) is 32.9 Å². The molecule has 3 aliphatic rings. The van der Waals surface area contributed by atoms with Gasteiger partial charge in [0.05, 0.1) is 40.9 Å². The van der Waals surface area contributed by atoms with E-state index in [0.717, 1.165) is 47.0 Å². The van der Waals surface area contributed by atoms with Crippen molar-refractivity contribution in [3.8, 4) is 0 Å². The predicted octanol–water partition coefficient (Wildman–Crippen LogP) is 4.06. The number of pyridine rings is 2. The first-order valence-corrected chi connectivity index (χ1v) is 10.9. The number of hydrogen-bond acceptors (Lipinski definition) is 5. The first kappa shape index (κ1) is 18.9. The number of likely N-dealkylation sites (tertiary alicyclic amines) is 1. The molecular formula is C24H21ClFN5. The van der Waals surface area contributed by atoms with Crippen LogP contribution >= 0.6 is 11.6 Å². The number of aliphatic imine (C=N–C) groups is 1. The monoisotopic (exact) mass is 433 g/mol. The van der Waals surface area contributed by atoms with Crippen molar-refractivity contribution < 1.29 is 4.39 Å². The van der Waals surface area contributed by atoms with Crippen molar-refractivity contribution in [2.24, 2.45) is 10.9 Å². The van der Waals surface area contributed by atoms with Crippen LogP contribution in [0.4, 0.5) is 10.1 Å². The van der Waals surface area contributed by atoms with E-state index in [9.17, 15) is 4.39 Å². The van der Waals surface area contributed by atoms with E-state index in [4.69, 9.17) is 16.6 Å². The molecule has 0 radical (unpaired) electrons. The molecule has 0 N–H and O–H groups in total. The molecule has 0 bridgehead atoms. The zero-order valence-corrected chi connectivity index (χ0v) is 17.8. The standard InChI is InChI=1S/C24H21ClFN5/c1-30-11-14-12-31(23(14)13-30)16-9-22-21(28-10-16)5-4-20(29-22)17-6-7-27-24(17)18-8-15(25)2-3-19(18)26/h2-6,8-10,14,23H,7,11-13H2,1H3. The van der Waals surface area contributed by atoms with Crippen molar-refractivity contribution in [2.45, 2.75) is 6.04 Å². The maximum atomic E-state index is 14.5. The van der Waals surface area contributed by atoms with Crippen LogP contribution in [0.1, 0.15) is 11.3 Å². The fourth-order valence-corrected chi connectivity index (χ4v) is 5.16. The van der Waals surface area contributed by atoms with Gasteiger partial charge in [0, 0.05) is 47.8 Å². The minimum atomic E-state index is -0.338. The Morgan fingerprint density at radius 3 is 2.84 bits per heavy atom. The lowest BCUT2D eigenvalue weighted by Crippen LogP contribution is -2.55. The lowest BCUT2D eigenvalue weighted by molar-refractivity contribution is 0.361. The summed E-state index contributed by atoms with van der Waals surface area (Å²) in [5.74, 6) is 0.407. The molecule has 0 amide bonds. The smallest absolute Gasteiger partial charge is 0.132 e. The third kappa shape index (κ3) is 3.13. The van der Waals surface area contributed by atoms with Gasteiger partial charge in [-0.2, -0.15) is 0 Å². The van der Waals surface area contributed by atoms with Gasteiger partial charge in [0.15, 0.2) is 0 Å². The first-order valence-electron chi connectivity index (χ1n) is 10.5. The van der Waals surface area contributed by atoms with Crippen molar-refractivity contribution in [3.05, 3.63) is 70.8 Å². The number of benzene rings is 1. The van der Waals surface area contributed by atoms with Crippen LogP contribution in [0.15, 0.2) is 53.7 Å². The van der Waals surface area contributed by atoms with Gasteiger partial charge >= 0.3 is 0 Å². The van der Waals surface area contributed by atoms with Crippen LogP contribution in [0.25, 0.3) is 16.6 Å². The third-order valence-corrected chi connectivity index (χ3v) is 6.77. The Kier molecular flexibility index (Phi) is 4.33. The molecule has 2 unspecified atom stereocenters. The summed E-state index contributed by atoms with van der Waals surface area (Å²) >= 11 is 6.11. The van der Waals surface area contributed by atoms with Crippen LogP contribution in [-0.4, -0.2) is 59.8 Å². The predicted molar refractivity (Wildman–Crippen MR) is 122 cm³/mol. The van der Waals surface area contributed by atoms with Gasteiger partial charge in [-0.3, -0.25) is 9.98 Å². The number of aromatic nitrogens is 2. The first-order chi connectivity index (χ1) is 15.1. The summed E-state index contributed by atoms with van der Waals surface area (Å²) in [7, 11) is 2.18. The highest BCUT2D eigenvalue weighted by molar-refractivity contribution is 6.35. The summed E-state index contributed by atoms with van der Waals surface area (Å²) in [6, 6.07) is 11.1. The molecule has 0 aliphatic carbocycles. The Balaban J connectivity index is 1.35. The molecule has 2 saturated heterocycles. The van der Waals surface area contributed by atoms with Gasteiger partial charge in [-0.25, -0.2) is 9.37 Å². The van der Waals surface area contributed by atoms with Gasteiger partial charge in [-0.15, -0.1) is 0 Å². The number of anilines is 1. The molecule has 2 fully saturated rings. The Morgan fingerprint density at radius 2 is 1.97 bits per heavy atom. The third-order valence-electron chi connectivity index (χ3n) is 6.53. The van der Waals surface area contributed by atoms with Gasteiger partial charge in [0.2, 0.25) is 0 Å². The zero-order valence-electron chi connectivity index (χ0n) is 17.1. The molecule has 5 nitrogen and oxygen atoms in total. The van der Waals surface area contributed by atoms with Crippen molar-refractivity contribution in [2.75, 3.05) is 38.1 Å². The topological polar surface area (TPSA) is 44.6 Å². The van der Waals surface area contributed by atoms with E-state index in [0.29, 0.717) is 28.9 Å². The van der Waals surface area contributed by atoms with Crippen molar-refractivity contribution in [1.82, 2.24) is 14.9 Å². The molecule has 3 aromatic rings. The largest absolute Gasteiger partial charge is 0.365 e. The second-order valence-electron chi connectivity index (χ2n) is 8.56. The average Bonchev–Trinajstić information content (AvgIpc) is 3.35. The number of rotatable bonds is 3. The maximum Gasteiger partial charge on any atom is 0.132 e. The van der Waals surface area contributed by atoms with Gasteiger partial charge < -0.3 is 9.80 Å². The highest BCUT2D eigenvalue weighted by Gasteiger charge is 2.44. The molecule has 0 saturated carbocycles. The fourth-order valence-electron chi connectivity index (χ4n) is 4.99. The second-order valence-corrected chi connectivity index (χ2v) is 9.00. The summed E-state index contributed by atoms with van der Waals surface area (Å²) in [6.07, 6.45) is 3.93. The highest BCUT2D eigenvalue weighted by atomic mass is 35.5. The molecule has 31 heavy (non-hydrogen) atoms. The number of fused-ring (bicyclic) bond motifs is 2. The molecule has 7 heteroatoms. The maximum absolute atomic E-state index is 14.5. The van der Waals surface area contributed by atoms with Crippen molar-refractivity contribution in [3.63, 3.8) is 0 Å². The molecule has 156 valence electrons. The van der Waals surface area contributed by atoms with Crippen LogP contribution in [-0.2, 0) is 0 Å². The zero-order chi connectivity index (χ0) is 21.1. The summed E-state index contributed by atoms with van der Waals surface area (Å²) in [5, 5.41) is 0.482.